The Hall–Kier alpha value is -1.40. The van der Waals surface area contributed by atoms with Gasteiger partial charge in [0.25, 0.3) is 5.91 Å². The van der Waals surface area contributed by atoms with E-state index in [-0.39, 0.29) is 19.1 Å². The molecule has 0 bridgehead atoms. The fourth-order valence-electron chi connectivity index (χ4n) is 1.55. The van der Waals surface area contributed by atoms with Gasteiger partial charge in [0.2, 0.25) is 0 Å². The van der Waals surface area contributed by atoms with E-state index < -0.39 is 6.10 Å². The summed E-state index contributed by atoms with van der Waals surface area (Å²) < 4.78 is 5.31. The first kappa shape index (κ1) is 16.7. The smallest absolute Gasteiger partial charge is 0.271 e. The molecule has 0 fully saturated rings. The maximum absolute atomic E-state index is 11.8. The summed E-state index contributed by atoms with van der Waals surface area (Å²) in [7, 11) is 0. The van der Waals surface area contributed by atoms with Gasteiger partial charge in [0, 0.05) is 18.8 Å². The highest BCUT2D eigenvalue weighted by Crippen LogP contribution is 2.11. The highest BCUT2D eigenvalue weighted by Gasteiger charge is 2.13. The van der Waals surface area contributed by atoms with E-state index in [9.17, 15) is 9.90 Å². The molecule has 0 spiro atoms. The van der Waals surface area contributed by atoms with E-state index in [2.05, 4.69) is 15.5 Å². The number of carbonyl (C=O) groups is 1. The third kappa shape index (κ3) is 5.71. The van der Waals surface area contributed by atoms with Crippen LogP contribution in [0.1, 0.15) is 49.8 Å². The summed E-state index contributed by atoms with van der Waals surface area (Å²) in [5.41, 5.74) is 1.25. The largest absolute Gasteiger partial charge is 0.389 e. The third-order valence-corrected chi connectivity index (χ3v) is 2.71. The van der Waals surface area contributed by atoms with Crippen LogP contribution in [0.5, 0.6) is 0 Å². The van der Waals surface area contributed by atoms with Crippen molar-refractivity contribution in [1.29, 1.82) is 0 Å². The van der Waals surface area contributed by atoms with Crippen molar-refractivity contribution < 1.29 is 14.6 Å². The Morgan fingerprint density at radius 2 is 2.10 bits per heavy atom. The van der Waals surface area contributed by atoms with Crippen LogP contribution in [0.3, 0.4) is 0 Å². The molecule has 1 heterocycles. The molecule has 0 aliphatic carbocycles. The van der Waals surface area contributed by atoms with Gasteiger partial charge in [-0.15, -0.1) is 0 Å². The van der Waals surface area contributed by atoms with E-state index in [1.807, 2.05) is 27.7 Å². The Morgan fingerprint density at radius 1 is 1.40 bits per heavy atom. The fourth-order valence-corrected chi connectivity index (χ4v) is 1.55. The summed E-state index contributed by atoms with van der Waals surface area (Å²) in [5.74, 6) is 0.422. The minimum Gasteiger partial charge on any atom is -0.389 e. The second-order valence-electron chi connectivity index (χ2n) is 5.66. The van der Waals surface area contributed by atoms with E-state index in [0.717, 1.165) is 5.69 Å². The van der Waals surface area contributed by atoms with Crippen LogP contribution < -0.4 is 5.32 Å². The van der Waals surface area contributed by atoms with Crippen LogP contribution in [0, 0.1) is 5.92 Å². The number of amides is 1. The van der Waals surface area contributed by atoms with Gasteiger partial charge in [0.1, 0.15) is 5.69 Å². The van der Waals surface area contributed by atoms with E-state index >= 15 is 0 Å². The van der Waals surface area contributed by atoms with Crippen molar-refractivity contribution in [3.8, 4) is 0 Å². The molecule has 0 saturated carbocycles. The predicted molar refractivity (Wildman–Crippen MR) is 76.7 cm³/mol. The minimum atomic E-state index is -0.707. The number of nitrogens with one attached hydrogen (secondary N) is 2. The molecule has 0 aliphatic rings. The molecular formula is C14H25N3O3. The zero-order valence-electron chi connectivity index (χ0n) is 12.6. The van der Waals surface area contributed by atoms with Crippen molar-refractivity contribution in [3.05, 3.63) is 17.5 Å². The molecule has 0 radical (unpaired) electrons. The van der Waals surface area contributed by atoms with Crippen LogP contribution in [-0.4, -0.2) is 47.1 Å². The molecular weight excluding hydrogens is 258 g/mol. The minimum absolute atomic E-state index is 0.154. The number of hydrogen-bond acceptors (Lipinski definition) is 4. The van der Waals surface area contributed by atoms with Gasteiger partial charge in [-0.3, -0.25) is 9.89 Å². The van der Waals surface area contributed by atoms with Gasteiger partial charge in [-0.05, 0) is 17.9 Å². The second kappa shape index (κ2) is 8.01. The van der Waals surface area contributed by atoms with Crippen molar-refractivity contribution in [3.63, 3.8) is 0 Å². The third-order valence-electron chi connectivity index (χ3n) is 2.71. The molecule has 0 aliphatic heterocycles. The molecule has 1 aromatic heterocycles. The average molecular weight is 283 g/mol. The number of aromatic amines is 1. The number of aliphatic hydroxyl groups is 1. The number of nitrogens with zero attached hydrogens (tertiary/aromatic N) is 1. The summed E-state index contributed by atoms with van der Waals surface area (Å²) in [6.07, 6.45) is -0.707. The van der Waals surface area contributed by atoms with Crippen LogP contribution >= 0.6 is 0 Å². The molecule has 1 atom stereocenters. The van der Waals surface area contributed by atoms with Crippen LogP contribution in [0.25, 0.3) is 0 Å². The molecule has 6 nitrogen and oxygen atoms in total. The lowest BCUT2D eigenvalue weighted by Gasteiger charge is -2.12. The van der Waals surface area contributed by atoms with Crippen LogP contribution in [0.15, 0.2) is 6.07 Å². The summed E-state index contributed by atoms with van der Waals surface area (Å²) in [5, 5.41) is 19.1. The van der Waals surface area contributed by atoms with E-state index in [0.29, 0.717) is 24.1 Å². The lowest BCUT2D eigenvalue weighted by atomic mass is 10.1. The van der Waals surface area contributed by atoms with Crippen molar-refractivity contribution >= 4 is 5.91 Å². The quantitative estimate of drug-likeness (QED) is 0.671. The molecule has 0 saturated heterocycles. The molecule has 1 amide bonds. The summed E-state index contributed by atoms with van der Waals surface area (Å²) in [6.45, 7) is 9.09. The molecule has 20 heavy (non-hydrogen) atoms. The van der Waals surface area contributed by atoms with Gasteiger partial charge in [0.05, 0.1) is 12.7 Å². The highest BCUT2D eigenvalue weighted by atomic mass is 16.5. The fraction of sp³-hybridized carbons (Fsp3) is 0.714. The Bertz CT molecular complexity index is 416. The van der Waals surface area contributed by atoms with Gasteiger partial charge >= 0.3 is 0 Å². The Morgan fingerprint density at radius 3 is 2.65 bits per heavy atom. The predicted octanol–water partition coefficient (Wildman–Crippen LogP) is 1.30. The molecule has 1 unspecified atom stereocenters. The Balaban J connectivity index is 2.31. The lowest BCUT2D eigenvalue weighted by Crippen LogP contribution is -2.35. The molecule has 1 rings (SSSR count). The summed E-state index contributed by atoms with van der Waals surface area (Å²) in [4.78, 5) is 11.8. The topological polar surface area (TPSA) is 87.2 Å². The molecule has 1 aromatic rings. The molecule has 6 heteroatoms. The number of aromatic nitrogens is 2. The van der Waals surface area contributed by atoms with Gasteiger partial charge in [-0.2, -0.15) is 5.10 Å². The zero-order valence-corrected chi connectivity index (χ0v) is 12.6. The number of aliphatic hydroxyl groups excluding tert-OH is 1. The lowest BCUT2D eigenvalue weighted by molar-refractivity contribution is 0.0259. The number of H-pyrrole nitrogens is 1. The first-order valence-electron chi connectivity index (χ1n) is 6.99. The first-order chi connectivity index (χ1) is 9.40. The highest BCUT2D eigenvalue weighted by molar-refractivity contribution is 5.92. The van der Waals surface area contributed by atoms with Gasteiger partial charge < -0.3 is 15.2 Å². The van der Waals surface area contributed by atoms with Gasteiger partial charge in [-0.25, -0.2) is 0 Å². The van der Waals surface area contributed by atoms with Crippen molar-refractivity contribution in [2.24, 2.45) is 5.92 Å². The number of rotatable bonds is 8. The van der Waals surface area contributed by atoms with E-state index in [1.165, 1.54) is 0 Å². The maximum atomic E-state index is 11.8. The molecule has 0 aromatic carbocycles. The van der Waals surface area contributed by atoms with Crippen molar-refractivity contribution in [2.75, 3.05) is 19.8 Å². The molecule has 3 N–H and O–H groups in total. The Kier molecular flexibility index (Phi) is 6.67. The van der Waals surface area contributed by atoms with E-state index in [4.69, 9.17) is 4.74 Å². The maximum Gasteiger partial charge on any atom is 0.271 e. The van der Waals surface area contributed by atoms with Gasteiger partial charge in [0.15, 0.2) is 0 Å². The zero-order chi connectivity index (χ0) is 15.1. The normalized spacial score (nSPS) is 12.9. The standard InChI is InChI=1S/C14H25N3O3/c1-9(2)7-20-8-11(18)6-15-14(19)13-5-12(10(3)4)16-17-13/h5,9-11,18H,6-8H2,1-4H3,(H,15,19)(H,16,17). The second-order valence-corrected chi connectivity index (χ2v) is 5.66. The van der Waals surface area contributed by atoms with Crippen LogP contribution in [0.2, 0.25) is 0 Å². The number of hydrogen-bond donors (Lipinski definition) is 3. The number of carbonyl (C=O) groups excluding carboxylic acids is 1. The van der Waals surface area contributed by atoms with Crippen molar-refractivity contribution in [1.82, 2.24) is 15.5 Å². The first-order valence-corrected chi connectivity index (χ1v) is 6.99. The Labute approximate surface area is 119 Å². The van der Waals surface area contributed by atoms with E-state index in [1.54, 1.807) is 6.07 Å². The van der Waals surface area contributed by atoms with Gasteiger partial charge in [-0.1, -0.05) is 27.7 Å². The van der Waals surface area contributed by atoms with Crippen LogP contribution in [-0.2, 0) is 4.74 Å². The molecule has 114 valence electrons. The number of ether oxygens (including phenoxy) is 1. The summed E-state index contributed by atoms with van der Waals surface area (Å²) >= 11 is 0. The monoisotopic (exact) mass is 283 g/mol. The van der Waals surface area contributed by atoms with Crippen molar-refractivity contribution in [2.45, 2.75) is 39.7 Å². The SMILES string of the molecule is CC(C)COCC(O)CNC(=O)c1cc(C(C)C)[nH]n1. The van der Waals surface area contributed by atoms with Crippen LogP contribution in [0.4, 0.5) is 0 Å². The summed E-state index contributed by atoms with van der Waals surface area (Å²) in [6, 6.07) is 1.72. The average Bonchev–Trinajstić information content (AvgIpc) is 2.85.